The molecule has 2 aliphatic rings. The van der Waals surface area contributed by atoms with Gasteiger partial charge in [0.05, 0.1) is 0 Å². The number of aryl methyl sites for hydroxylation is 1. The Morgan fingerprint density at radius 2 is 1.20 bits per heavy atom. The van der Waals surface area contributed by atoms with Crippen LogP contribution in [-0.2, 0) is 13.5 Å². The van der Waals surface area contributed by atoms with E-state index in [9.17, 15) is 25.8 Å². The van der Waals surface area contributed by atoms with Crippen molar-refractivity contribution < 1.29 is 4.79 Å². The number of ketones is 1. The van der Waals surface area contributed by atoms with E-state index in [0.717, 1.165) is 74.0 Å². The number of carbonyl (C=O) groups is 1. The predicted octanol–water partition coefficient (Wildman–Crippen LogP) is 10.3. The van der Waals surface area contributed by atoms with Crippen LogP contribution in [0.3, 0.4) is 0 Å². The van der Waals surface area contributed by atoms with Crippen LogP contribution in [0, 0.1) is 45.3 Å². The average Bonchev–Trinajstić information content (AvgIpc) is 3.94. The molecule has 236 valence electrons. The Bertz CT molecular complexity index is 3040. The second-order valence-electron chi connectivity index (χ2n) is 12.6. The van der Waals surface area contributed by atoms with Crippen LogP contribution in [0.1, 0.15) is 36.8 Å². The van der Waals surface area contributed by atoms with Crippen LogP contribution in [-0.4, -0.2) is 10.4 Å². The van der Waals surface area contributed by atoms with Crippen molar-refractivity contribution in [3.63, 3.8) is 0 Å². The molecule has 7 aromatic rings. The quantitative estimate of drug-likeness (QED) is 0.132. The molecule has 3 aromatic heterocycles. The van der Waals surface area contributed by atoms with E-state index in [4.69, 9.17) is 0 Å². The molecule has 2 aliphatic carbocycles. The summed E-state index contributed by atoms with van der Waals surface area (Å²) < 4.78 is 4.42. The van der Waals surface area contributed by atoms with Gasteiger partial charge in [-0.05, 0) is 88.0 Å². The monoisotopic (exact) mass is 687 g/mol. The first-order chi connectivity index (χ1) is 24.9. The molecule has 51 heavy (non-hydrogen) atoms. The van der Waals surface area contributed by atoms with Crippen molar-refractivity contribution in [2.24, 2.45) is 7.05 Å². The van der Waals surface area contributed by atoms with Crippen molar-refractivity contribution in [2.75, 3.05) is 0 Å². The summed E-state index contributed by atoms with van der Waals surface area (Å²) in [5, 5.41) is 43.3. The zero-order chi connectivity index (χ0) is 35.0. The van der Waals surface area contributed by atoms with Crippen molar-refractivity contribution in [2.45, 2.75) is 6.42 Å². The molecular formula is C43H21N5OS2. The Hall–Kier alpha value is -6.81. The van der Waals surface area contributed by atoms with Crippen LogP contribution >= 0.6 is 22.7 Å². The van der Waals surface area contributed by atoms with Crippen molar-refractivity contribution in [3.8, 4) is 24.3 Å². The van der Waals surface area contributed by atoms with Crippen LogP contribution in [0.25, 0.3) is 65.3 Å². The van der Waals surface area contributed by atoms with Crippen molar-refractivity contribution >= 4 is 93.7 Å². The number of rotatable bonds is 2. The molecule has 0 N–H and O–H groups in total. The lowest BCUT2D eigenvalue weighted by molar-refractivity contribution is 0.104. The third kappa shape index (κ3) is 4.53. The zero-order valence-corrected chi connectivity index (χ0v) is 28.5. The highest BCUT2D eigenvalue weighted by Gasteiger charge is 2.32. The van der Waals surface area contributed by atoms with Gasteiger partial charge in [-0.25, -0.2) is 0 Å². The number of aromatic nitrogens is 1. The Morgan fingerprint density at radius 3 is 1.80 bits per heavy atom. The lowest BCUT2D eigenvalue weighted by Crippen LogP contribution is -1.95. The van der Waals surface area contributed by atoms with Gasteiger partial charge in [0, 0.05) is 70.3 Å². The normalized spacial score (nSPS) is 15.0. The van der Waals surface area contributed by atoms with E-state index in [0.29, 0.717) is 28.7 Å². The number of nitriles is 4. The topological polar surface area (TPSA) is 117 Å². The molecule has 6 nitrogen and oxygen atoms in total. The Labute approximate surface area is 299 Å². The van der Waals surface area contributed by atoms with Crippen LogP contribution in [0.15, 0.2) is 107 Å². The minimum atomic E-state index is -0.188. The number of fused-ring (bicyclic) bond motifs is 7. The van der Waals surface area contributed by atoms with E-state index in [1.54, 1.807) is 40.9 Å². The van der Waals surface area contributed by atoms with Gasteiger partial charge >= 0.3 is 0 Å². The highest BCUT2D eigenvalue weighted by molar-refractivity contribution is 7.20. The van der Waals surface area contributed by atoms with Gasteiger partial charge in [-0.3, -0.25) is 4.79 Å². The average molecular weight is 688 g/mol. The molecule has 0 saturated carbocycles. The molecule has 0 saturated heterocycles. The fraction of sp³-hybridized carbons (Fsp3) is 0.0465. The molecule has 3 heterocycles. The number of Topliss-reactive ketones (excluding diaryl/α,β-unsaturated/α-hetero) is 1. The number of nitrogens with zero attached hydrogens (tertiary/aromatic N) is 5. The predicted molar refractivity (Wildman–Crippen MR) is 204 cm³/mol. The summed E-state index contributed by atoms with van der Waals surface area (Å²) in [6, 6.07) is 36.3. The summed E-state index contributed by atoms with van der Waals surface area (Å²) in [5.41, 5.74) is 7.91. The van der Waals surface area contributed by atoms with Gasteiger partial charge in [0.25, 0.3) is 0 Å². The molecule has 0 bridgehead atoms. The van der Waals surface area contributed by atoms with E-state index in [1.165, 1.54) is 0 Å². The van der Waals surface area contributed by atoms with Crippen LogP contribution < -0.4 is 0 Å². The lowest BCUT2D eigenvalue weighted by atomic mass is 9.99. The Morgan fingerprint density at radius 1 is 0.667 bits per heavy atom. The van der Waals surface area contributed by atoms with Gasteiger partial charge in [0.2, 0.25) is 0 Å². The molecule has 0 atom stereocenters. The zero-order valence-electron chi connectivity index (χ0n) is 26.9. The van der Waals surface area contributed by atoms with Crippen molar-refractivity contribution in [1.29, 1.82) is 21.0 Å². The highest BCUT2D eigenvalue weighted by Crippen LogP contribution is 2.44. The first kappa shape index (κ1) is 30.3. The van der Waals surface area contributed by atoms with E-state index < -0.39 is 0 Å². The van der Waals surface area contributed by atoms with Gasteiger partial charge in [0.15, 0.2) is 5.78 Å². The molecule has 0 radical (unpaired) electrons. The Kier molecular flexibility index (Phi) is 6.75. The molecule has 0 aliphatic heterocycles. The fourth-order valence-electron chi connectivity index (χ4n) is 7.55. The maximum Gasteiger partial charge on any atom is 0.194 e. The SMILES string of the molecule is Cn1c2cc3cc(/C=C4\C(=O)c5ccccc5C4=C(C#N)C#N)sc3cc2c2cc3sc(/C=C4\Cc5ccccc5C4=C(C#N)C#N)cc3cc21. The summed E-state index contributed by atoms with van der Waals surface area (Å²) >= 11 is 3.26. The van der Waals surface area contributed by atoms with Gasteiger partial charge in [0.1, 0.15) is 35.4 Å². The smallest absolute Gasteiger partial charge is 0.194 e. The number of carbonyl (C=O) groups excluding carboxylic acids is 1. The van der Waals surface area contributed by atoms with Gasteiger partial charge in [-0.15, -0.1) is 22.7 Å². The van der Waals surface area contributed by atoms with E-state index in [2.05, 4.69) is 72.3 Å². The highest BCUT2D eigenvalue weighted by atomic mass is 32.1. The first-order valence-electron chi connectivity index (χ1n) is 16.0. The molecule has 9 rings (SSSR count). The molecule has 0 unspecified atom stereocenters. The third-order valence-corrected chi connectivity index (χ3v) is 11.9. The van der Waals surface area contributed by atoms with E-state index in [1.807, 2.05) is 42.5 Å². The van der Waals surface area contributed by atoms with Gasteiger partial charge in [-0.2, -0.15) is 21.0 Å². The first-order valence-corrected chi connectivity index (χ1v) is 17.7. The number of allylic oxidation sites excluding steroid dienone is 6. The summed E-state index contributed by atoms with van der Waals surface area (Å²) in [7, 11) is 2.07. The van der Waals surface area contributed by atoms with E-state index in [-0.39, 0.29) is 16.9 Å². The fourth-order valence-corrected chi connectivity index (χ4v) is 9.63. The largest absolute Gasteiger partial charge is 0.344 e. The number of hydrogen-bond donors (Lipinski definition) is 0. The Balaban J connectivity index is 1.14. The number of benzene rings is 4. The van der Waals surface area contributed by atoms with E-state index >= 15 is 0 Å². The number of hydrogen-bond acceptors (Lipinski definition) is 7. The molecular weight excluding hydrogens is 667 g/mol. The molecule has 0 fully saturated rings. The van der Waals surface area contributed by atoms with Gasteiger partial charge in [-0.1, -0.05) is 48.5 Å². The maximum atomic E-state index is 13.5. The summed E-state index contributed by atoms with van der Waals surface area (Å²) in [6.45, 7) is 0. The molecule has 4 aromatic carbocycles. The minimum Gasteiger partial charge on any atom is -0.344 e. The van der Waals surface area contributed by atoms with Crippen LogP contribution in [0.5, 0.6) is 0 Å². The minimum absolute atomic E-state index is 0.0727. The van der Waals surface area contributed by atoms with Crippen LogP contribution in [0.2, 0.25) is 0 Å². The third-order valence-electron chi connectivity index (χ3n) is 9.81. The van der Waals surface area contributed by atoms with Crippen molar-refractivity contribution in [1.82, 2.24) is 4.57 Å². The second-order valence-corrected chi connectivity index (χ2v) is 14.8. The summed E-state index contributed by atoms with van der Waals surface area (Å²) in [4.78, 5) is 15.4. The number of thiophene rings is 2. The summed E-state index contributed by atoms with van der Waals surface area (Å²) in [5.74, 6) is -0.188. The van der Waals surface area contributed by atoms with Crippen molar-refractivity contribution in [3.05, 3.63) is 139 Å². The van der Waals surface area contributed by atoms with Gasteiger partial charge < -0.3 is 4.57 Å². The molecule has 0 amide bonds. The lowest BCUT2D eigenvalue weighted by Gasteiger charge is -2.02. The second kappa shape index (κ2) is 11.4. The standard InChI is InChI=1S/C43H21N5OS2/c1-48-37-14-24-11-29(13-26-10-23-6-2-3-7-31(23)41(26)27(19-44)20-45)50-39(24)17-34(37)35-18-40-25(15-38(35)48)12-30(51-40)16-36-42(28(21-46)22-47)32-8-4-5-9-33(32)43(36)49/h2-9,11-18H,10H2,1H3/b26-13+,36-16-. The molecule has 0 spiro atoms. The van der Waals surface area contributed by atoms with Crippen LogP contribution in [0.4, 0.5) is 0 Å². The molecule has 8 heteroatoms. The maximum absolute atomic E-state index is 13.5. The summed E-state index contributed by atoms with van der Waals surface area (Å²) in [6.07, 6.45) is 4.60.